The number of benzene rings is 1. The van der Waals surface area contributed by atoms with Crippen LogP contribution in [0.15, 0.2) is 30.5 Å². The van der Waals surface area contributed by atoms with E-state index >= 15 is 0 Å². The van der Waals surface area contributed by atoms with Gasteiger partial charge in [-0.2, -0.15) is 18.2 Å². The van der Waals surface area contributed by atoms with E-state index in [0.29, 0.717) is 13.0 Å². The molecule has 2 aromatic rings. The summed E-state index contributed by atoms with van der Waals surface area (Å²) >= 11 is 0. The van der Waals surface area contributed by atoms with Crippen molar-refractivity contribution in [1.29, 1.82) is 0 Å². The lowest BCUT2D eigenvalue weighted by Crippen LogP contribution is -2.36. The second-order valence-electron chi connectivity index (χ2n) is 8.58. The quantitative estimate of drug-likeness (QED) is 0.539. The molecule has 0 bridgehead atoms. The van der Waals surface area contributed by atoms with Gasteiger partial charge in [0.05, 0.1) is 17.6 Å². The van der Waals surface area contributed by atoms with Gasteiger partial charge < -0.3 is 16.0 Å². The number of unbranched alkanes of at least 4 members (excludes halogenated alkanes) is 2. The Hall–Kier alpha value is -3.08. The molecule has 0 radical (unpaired) electrons. The Morgan fingerprint density at radius 3 is 2.56 bits per heavy atom. The monoisotopic (exact) mass is 500 g/mol. The summed E-state index contributed by atoms with van der Waals surface area (Å²) in [6.07, 6.45) is -1.06. The molecule has 3 amide bonds. The molecule has 1 saturated heterocycles. The maximum absolute atomic E-state index is 13.3. The molecule has 2 heterocycles. The summed E-state index contributed by atoms with van der Waals surface area (Å²) in [5.74, 6) is -0.723. The number of anilines is 3. The highest BCUT2D eigenvalue weighted by molar-refractivity contribution is 6.09. The van der Waals surface area contributed by atoms with Crippen LogP contribution in [-0.4, -0.2) is 40.5 Å². The number of alkyl halides is 3. The normalized spacial score (nSPS) is 15.0. The van der Waals surface area contributed by atoms with Crippen LogP contribution in [0.2, 0.25) is 0 Å². The first-order valence-electron chi connectivity index (χ1n) is 10.6. The number of nitrogen functional groups attached to an aromatic ring is 1. The molecule has 0 saturated carbocycles. The van der Waals surface area contributed by atoms with Crippen molar-refractivity contribution >= 4 is 41.8 Å². The Labute approximate surface area is 202 Å². The van der Waals surface area contributed by atoms with Gasteiger partial charge in [0, 0.05) is 18.4 Å². The Bertz CT molecular complexity index is 1050. The zero-order chi connectivity index (χ0) is 24.4. The second-order valence-corrected chi connectivity index (χ2v) is 8.58. The fourth-order valence-corrected chi connectivity index (χ4v) is 3.57. The van der Waals surface area contributed by atoms with Crippen LogP contribution in [0, 0.1) is 0 Å². The molecular weight excluding hydrogens is 473 g/mol. The van der Waals surface area contributed by atoms with Gasteiger partial charge in [0.1, 0.15) is 11.4 Å². The SMILES string of the molecule is CCCCCN(C(=O)c1cnc(N2CC(C)(C)NC2=O)nc1N)c1cccc(C(F)(F)F)c1.Cl. The Morgan fingerprint density at radius 2 is 2.00 bits per heavy atom. The highest BCUT2D eigenvalue weighted by Gasteiger charge is 2.37. The number of carbonyl (C=O) groups is 2. The molecule has 1 aromatic carbocycles. The number of nitrogens with zero attached hydrogens (tertiary/aromatic N) is 4. The number of nitrogens with two attached hydrogens (primary N) is 1. The lowest BCUT2D eigenvalue weighted by Gasteiger charge is -2.24. The van der Waals surface area contributed by atoms with Crippen molar-refractivity contribution in [3.05, 3.63) is 41.6 Å². The van der Waals surface area contributed by atoms with E-state index in [4.69, 9.17) is 5.73 Å². The largest absolute Gasteiger partial charge is 0.416 e. The van der Waals surface area contributed by atoms with Crippen molar-refractivity contribution in [2.45, 2.75) is 51.7 Å². The fraction of sp³-hybridized carbons (Fsp3) is 0.455. The van der Waals surface area contributed by atoms with E-state index in [0.717, 1.165) is 25.0 Å². The average molecular weight is 501 g/mol. The number of aromatic nitrogens is 2. The van der Waals surface area contributed by atoms with Crippen LogP contribution in [-0.2, 0) is 6.18 Å². The van der Waals surface area contributed by atoms with Gasteiger partial charge in [-0.1, -0.05) is 25.8 Å². The van der Waals surface area contributed by atoms with Crippen molar-refractivity contribution in [3.8, 4) is 0 Å². The number of carbonyl (C=O) groups excluding carboxylic acids is 2. The zero-order valence-corrected chi connectivity index (χ0v) is 20.0. The van der Waals surface area contributed by atoms with Crippen molar-refractivity contribution in [2.24, 2.45) is 0 Å². The van der Waals surface area contributed by atoms with Gasteiger partial charge in [-0.15, -0.1) is 12.4 Å². The fourth-order valence-electron chi connectivity index (χ4n) is 3.57. The number of hydrogen-bond donors (Lipinski definition) is 2. The third-order valence-corrected chi connectivity index (χ3v) is 5.24. The van der Waals surface area contributed by atoms with E-state index in [2.05, 4.69) is 15.3 Å². The summed E-state index contributed by atoms with van der Waals surface area (Å²) in [6.45, 7) is 6.19. The van der Waals surface area contributed by atoms with Gasteiger partial charge in [-0.05, 0) is 38.5 Å². The molecule has 3 rings (SSSR count). The summed E-state index contributed by atoms with van der Waals surface area (Å²) < 4.78 is 39.7. The molecule has 34 heavy (non-hydrogen) atoms. The molecule has 1 aliphatic heterocycles. The van der Waals surface area contributed by atoms with E-state index in [1.807, 2.05) is 20.8 Å². The van der Waals surface area contributed by atoms with Crippen LogP contribution < -0.4 is 20.9 Å². The molecule has 0 aliphatic carbocycles. The Morgan fingerprint density at radius 1 is 1.29 bits per heavy atom. The minimum Gasteiger partial charge on any atom is -0.383 e. The molecule has 0 atom stereocenters. The standard InChI is InChI=1S/C22H27F3N6O2.ClH/c1-4-5-6-10-30(15-9-7-8-14(11-15)22(23,24)25)18(32)16-12-27-19(28-17(16)26)31-13-21(2,3)29-20(31)33;/h7-9,11-12H,4-6,10,13H2,1-3H3,(H,29,33)(H2,26,27,28);1H. The Kier molecular flexibility index (Phi) is 8.35. The van der Waals surface area contributed by atoms with Crippen LogP contribution in [0.25, 0.3) is 0 Å². The van der Waals surface area contributed by atoms with E-state index < -0.39 is 23.2 Å². The lowest BCUT2D eigenvalue weighted by atomic mass is 10.1. The van der Waals surface area contributed by atoms with Gasteiger partial charge in [-0.3, -0.25) is 9.69 Å². The number of amides is 3. The summed E-state index contributed by atoms with van der Waals surface area (Å²) in [4.78, 5) is 36.3. The number of nitrogens with one attached hydrogen (secondary N) is 1. The van der Waals surface area contributed by atoms with E-state index in [1.54, 1.807) is 0 Å². The third-order valence-electron chi connectivity index (χ3n) is 5.24. The zero-order valence-electron chi connectivity index (χ0n) is 19.1. The highest BCUT2D eigenvalue weighted by Crippen LogP contribution is 2.32. The minimum atomic E-state index is -4.54. The van der Waals surface area contributed by atoms with E-state index in [9.17, 15) is 22.8 Å². The first-order valence-corrected chi connectivity index (χ1v) is 10.6. The molecule has 3 N–H and O–H groups in total. The van der Waals surface area contributed by atoms with E-state index in [1.165, 1.54) is 28.1 Å². The van der Waals surface area contributed by atoms with Crippen molar-refractivity contribution < 1.29 is 22.8 Å². The molecule has 0 unspecified atom stereocenters. The number of halogens is 4. The first-order chi connectivity index (χ1) is 15.4. The van der Waals surface area contributed by atoms with Crippen molar-refractivity contribution in [3.63, 3.8) is 0 Å². The summed E-state index contributed by atoms with van der Waals surface area (Å²) in [5, 5.41) is 2.78. The molecule has 0 spiro atoms. The van der Waals surface area contributed by atoms with Crippen LogP contribution in [0.1, 0.15) is 56.0 Å². The van der Waals surface area contributed by atoms with Gasteiger partial charge in [-0.25, -0.2) is 9.78 Å². The maximum Gasteiger partial charge on any atom is 0.416 e. The van der Waals surface area contributed by atoms with Crippen molar-refractivity contribution in [1.82, 2.24) is 15.3 Å². The predicted octanol–water partition coefficient (Wildman–Crippen LogP) is 4.64. The number of urea groups is 1. The van der Waals surface area contributed by atoms with E-state index in [-0.39, 0.29) is 48.0 Å². The summed E-state index contributed by atoms with van der Waals surface area (Å²) in [7, 11) is 0. The third kappa shape index (κ3) is 6.07. The molecular formula is C22H28ClF3N6O2. The molecule has 1 fully saturated rings. The second kappa shape index (κ2) is 10.5. The van der Waals surface area contributed by atoms with Crippen LogP contribution in [0.5, 0.6) is 0 Å². The van der Waals surface area contributed by atoms with Crippen LogP contribution >= 0.6 is 12.4 Å². The van der Waals surface area contributed by atoms with Crippen molar-refractivity contribution in [2.75, 3.05) is 28.6 Å². The van der Waals surface area contributed by atoms with Gasteiger partial charge in [0.25, 0.3) is 5.91 Å². The Balaban J connectivity index is 0.00000408. The number of rotatable bonds is 7. The molecule has 12 heteroatoms. The lowest BCUT2D eigenvalue weighted by molar-refractivity contribution is -0.137. The molecule has 186 valence electrons. The van der Waals surface area contributed by atoms with Crippen LogP contribution in [0.4, 0.5) is 35.4 Å². The van der Waals surface area contributed by atoms with Crippen LogP contribution in [0.3, 0.4) is 0 Å². The van der Waals surface area contributed by atoms with Gasteiger partial charge in [0.2, 0.25) is 5.95 Å². The minimum absolute atomic E-state index is 0. The predicted molar refractivity (Wildman–Crippen MR) is 126 cm³/mol. The van der Waals surface area contributed by atoms with Gasteiger partial charge >= 0.3 is 12.2 Å². The van der Waals surface area contributed by atoms with Gasteiger partial charge in [0.15, 0.2) is 0 Å². The smallest absolute Gasteiger partial charge is 0.383 e. The summed E-state index contributed by atoms with van der Waals surface area (Å²) in [6, 6.07) is 4.21. The molecule has 1 aliphatic rings. The number of hydrogen-bond acceptors (Lipinski definition) is 5. The average Bonchev–Trinajstić information content (AvgIpc) is 3.02. The molecule has 8 nitrogen and oxygen atoms in total. The maximum atomic E-state index is 13.3. The molecule has 1 aromatic heterocycles. The summed E-state index contributed by atoms with van der Waals surface area (Å²) in [5.41, 5.74) is 4.76. The highest BCUT2D eigenvalue weighted by atomic mass is 35.5. The first kappa shape index (κ1) is 27.2. The topological polar surface area (TPSA) is 104 Å².